The molecule has 0 saturated carbocycles. The lowest BCUT2D eigenvalue weighted by atomic mass is 10.3. The highest BCUT2D eigenvalue weighted by atomic mass is 16.5. The summed E-state index contributed by atoms with van der Waals surface area (Å²) in [7, 11) is 0. The van der Waals surface area contributed by atoms with Gasteiger partial charge >= 0.3 is 5.97 Å². The van der Waals surface area contributed by atoms with Crippen molar-refractivity contribution in [2.45, 2.75) is 6.92 Å². The summed E-state index contributed by atoms with van der Waals surface area (Å²) in [6, 6.07) is 8.50. The van der Waals surface area contributed by atoms with Gasteiger partial charge < -0.3 is 19.2 Å². The number of benzene rings is 1. The van der Waals surface area contributed by atoms with Crippen molar-refractivity contribution in [2.75, 3.05) is 18.5 Å². The number of furan rings is 1. The first kappa shape index (κ1) is 14.6. The van der Waals surface area contributed by atoms with Gasteiger partial charge in [-0.3, -0.25) is 4.79 Å². The van der Waals surface area contributed by atoms with Crippen molar-refractivity contribution in [3.05, 3.63) is 48.4 Å². The van der Waals surface area contributed by atoms with Gasteiger partial charge in [0.25, 0.3) is 5.91 Å². The molecule has 1 heterocycles. The lowest BCUT2D eigenvalue weighted by molar-refractivity contribution is -0.119. The second kappa shape index (κ2) is 7.14. The molecule has 6 heteroatoms. The first-order valence-electron chi connectivity index (χ1n) is 6.41. The van der Waals surface area contributed by atoms with Crippen LogP contribution in [-0.4, -0.2) is 25.1 Å². The van der Waals surface area contributed by atoms with Gasteiger partial charge in [-0.05, 0) is 25.1 Å². The third kappa shape index (κ3) is 4.10. The van der Waals surface area contributed by atoms with E-state index < -0.39 is 11.9 Å². The normalized spacial score (nSPS) is 9.95. The van der Waals surface area contributed by atoms with Gasteiger partial charge in [-0.15, -0.1) is 0 Å². The minimum Gasteiger partial charge on any atom is -0.492 e. The molecule has 0 spiro atoms. The summed E-state index contributed by atoms with van der Waals surface area (Å²) in [6.45, 7) is 1.96. The molecule has 2 aromatic rings. The number of nitrogens with one attached hydrogen (secondary N) is 1. The molecular formula is C15H15NO5. The molecule has 0 unspecified atom stereocenters. The Morgan fingerprint density at radius 2 is 2.05 bits per heavy atom. The average Bonchev–Trinajstić information content (AvgIpc) is 3.01. The van der Waals surface area contributed by atoms with Crippen molar-refractivity contribution < 1.29 is 23.5 Å². The summed E-state index contributed by atoms with van der Waals surface area (Å²) in [5.41, 5.74) is 0.793. The fourth-order valence-electron chi connectivity index (χ4n) is 1.63. The third-order valence-corrected chi connectivity index (χ3v) is 2.55. The van der Waals surface area contributed by atoms with Crippen molar-refractivity contribution in [2.24, 2.45) is 0 Å². The van der Waals surface area contributed by atoms with Crippen molar-refractivity contribution >= 4 is 17.6 Å². The molecule has 0 aliphatic carbocycles. The summed E-state index contributed by atoms with van der Waals surface area (Å²) in [4.78, 5) is 23.3. The van der Waals surface area contributed by atoms with Crippen LogP contribution >= 0.6 is 0 Å². The van der Waals surface area contributed by atoms with Crippen LogP contribution in [0.3, 0.4) is 0 Å². The van der Waals surface area contributed by atoms with Gasteiger partial charge in [0, 0.05) is 0 Å². The molecule has 0 aliphatic heterocycles. The number of esters is 1. The molecule has 0 aliphatic rings. The molecule has 2 rings (SSSR count). The van der Waals surface area contributed by atoms with Crippen LogP contribution in [0.2, 0.25) is 0 Å². The smallest absolute Gasteiger partial charge is 0.341 e. The van der Waals surface area contributed by atoms with Gasteiger partial charge in [0.2, 0.25) is 0 Å². The van der Waals surface area contributed by atoms with Crippen LogP contribution in [0.15, 0.2) is 47.3 Å². The van der Waals surface area contributed by atoms with Crippen LogP contribution in [0.5, 0.6) is 5.75 Å². The molecule has 1 aromatic heterocycles. The van der Waals surface area contributed by atoms with Gasteiger partial charge in [0.15, 0.2) is 6.61 Å². The van der Waals surface area contributed by atoms with Crippen LogP contribution in [0, 0.1) is 0 Å². The standard InChI is InChI=1S/C15H15NO5/c1-2-20-13-6-4-3-5-12(13)16-14(17)10-21-15(18)11-7-8-19-9-11/h3-9H,2,10H2,1H3,(H,16,17). The number of hydrogen-bond donors (Lipinski definition) is 1. The van der Waals surface area contributed by atoms with Crippen molar-refractivity contribution in [3.63, 3.8) is 0 Å². The monoisotopic (exact) mass is 289 g/mol. The zero-order valence-corrected chi connectivity index (χ0v) is 11.5. The Balaban J connectivity index is 1.89. The number of rotatable bonds is 6. The highest BCUT2D eigenvalue weighted by Crippen LogP contribution is 2.23. The molecule has 1 N–H and O–H groups in total. The summed E-state index contributed by atoms with van der Waals surface area (Å²) >= 11 is 0. The average molecular weight is 289 g/mol. The largest absolute Gasteiger partial charge is 0.492 e. The van der Waals surface area contributed by atoms with Crippen molar-refractivity contribution in [3.8, 4) is 5.75 Å². The highest BCUT2D eigenvalue weighted by molar-refractivity contribution is 5.96. The first-order valence-corrected chi connectivity index (χ1v) is 6.41. The Morgan fingerprint density at radius 1 is 1.24 bits per heavy atom. The summed E-state index contributed by atoms with van der Waals surface area (Å²) in [6.07, 6.45) is 2.61. The number of hydrogen-bond acceptors (Lipinski definition) is 5. The van der Waals surface area contributed by atoms with E-state index in [9.17, 15) is 9.59 Å². The first-order chi connectivity index (χ1) is 10.2. The topological polar surface area (TPSA) is 77.8 Å². The summed E-state index contributed by atoms with van der Waals surface area (Å²) < 4.78 is 15.0. The van der Waals surface area contributed by atoms with E-state index in [0.29, 0.717) is 18.0 Å². The maximum absolute atomic E-state index is 11.8. The molecule has 1 aromatic carbocycles. The molecule has 0 fully saturated rings. The fraction of sp³-hybridized carbons (Fsp3) is 0.200. The number of amides is 1. The van der Waals surface area contributed by atoms with Gasteiger partial charge in [-0.1, -0.05) is 12.1 Å². The van der Waals surface area contributed by atoms with Gasteiger partial charge in [-0.2, -0.15) is 0 Å². The highest BCUT2D eigenvalue weighted by Gasteiger charge is 2.12. The number of carbonyl (C=O) groups is 2. The Hall–Kier alpha value is -2.76. The Bertz CT molecular complexity index is 606. The SMILES string of the molecule is CCOc1ccccc1NC(=O)COC(=O)c1ccoc1. The van der Waals surface area contributed by atoms with Gasteiger partial charge in [-0.25, -0.2) is 4.79 Å². The van der Waals surface area contributed by atoms with E-state index in [0.717, 1.165) is 0 Å². The molecule has 1 amide bonds. The van der Waals surface area contributed by atoms with E-state index in [4.69, 9.17) is 13.9 Å². The third-order valence-electron chi connectivity index (χ3n) is 2.55. The van der Waals surface area contributed by atoms with E-state index in [1.165, 1.54) is 18.6 Å². The minimum absolute atomic E-state index is 0.262. The molecule has 0 radical (unpaired) electrons. The van der Waals surface area contributed by atoms with E-state index in [2.05, 4.69) is 5.32 Å². The van der Waals surface area contributed by atoms with E-state index in [1.54, 1.807) is 24.3 Å². The Kier molecular flexibility index (Phi) is 4.98. The molecule has 0 atom stereocenters. The molecule has 21 heavy (non-hydrogen) atoms. The number of ether oxygens (including phenoxy) is 2. The number of anilines is 1. The predicted molar refractivity (Wildman–Crippen MR) is 75.2 cm³/mol. The van der Waals surface area contributed by atoms with Crippen LogP contribution in [0.4, 0.5) is 5.69 Å². The second-order valence-corrected chi connectivity index (χ2v) is 4.07. The summed E-state index contributed by atoms with van der Waals surface area (Å²) in [5.74, 6) is -0.495. The van der Waals surface area contributed by atoms with Gasteiger partial charge in [0.1, 0.15) is 12.0 Å². The zero-order valence-electron chi connectivity index (χ0n) is 11.5. The Morgan fingerprint density at radius 3 is 2.76 bits per heavy atom. The summed E-state index contributed by atoms with van der Waals surface area (Å²) in [5, 5.41) is 2.63. The zero-order chi connectivity index (χ0) is 15.1. The molecule has 110 valence electrons. The molecule has 0 bridgehead atoms. The van der Waals surface area contributed by atoms with Gasteiger partial charge in [0.05, 0.1) is 24.1 Å². The lowest BCUT2D eigenvalue weighted by Gasteiger charge is -2.11. The van der Waals surface area contributed by atoms with Crippen LogP contribution < -0.4 is 10.1 Å². The maximum atomic E-state index is 11.8. The second-order valence-electron chi connectivity index (χ2n) is 4.07. The lowest BCUT2D eigenvalue weighted by Crippen LogP contribution is -2.21. The van der Waals surface area contributed by atoms with Crippen LogP contribution in [0.1, 0.15) is 17.3 Å². The van der Waals surface area contributed by atoms with Crippen molar-refractivity contribution in [1.82, 2.24) is 0 Å². The molecule has 6 nitrogen and oxygen atoms in total. The Labute approximate surface area is 121 Å². The number of carbonyl (C=O) groups excluding carboxylic acids is 2. The number of para-hydroxylation sites is 2. The fourth-order valence-corrected chi connectivity index (χ4v) is 1.63. The quantitative estimate of drug-likeness (QED) is 0.826. The predicted octanol–water partition coefficient (Wildman–Crippen LogP) is 2.47. The minimum atomic E-state index is -0.614. The maximum Gasteiger partial charge on any atom is 0.341 e. The molecule has 0 saturated heterocycles. The molecular weight excluding hydrogens is 274 g/mol. The van der Waals surface area contributed by atoms with E-state index in [-0.39, 0.29) is 12.2 Å². The van der Waals surface area contributed by atoms with Crippen molar-refractivity contribution in [1.29, 1.82) is 0 Å². The van der Waals surface area contributed by atoms with E-state index in [1.807, 2.05) is 6.92 Å². The van der Waals surface area contributed by atoms with Crippen LogP contribution in [0.25, 0.3) is 0 Å². The van der Waals surface area contributed by atoms with E-state index >= 15 is 0 Å². The van der Waals surface area contributed by atoms with Crippen LogP contribution in [-0.2, 0) is 9.53 Å².